The van der Waals surface area contributed by atoms with E-state index in [-0.39, 0.29) is 11.8 Å². The molecule has 2 nitrogen and oxygen atoms in total. The summed E-state index contributed by atoms with van der Waals surface area (Å²) >= 11 is 1.90. The highest BCUT2D eigenvalue weighted by molar-refractivity contribution is 14.1. The van der Waals surface area contributed by atoms with Gasteiger partial charge in [-0.2, -0.15) is 0 Å². The van der Waals surface area contributed by atoms with Crippen molar-refractivity contribution in [2.75, 3.05) is 0 Å². The van der Waals surface area contributed by atoms with Gasteiger partial charge in [-0.1, -0.05) is 61.5 Å². The smallest absolute Gasteiger partial charge is 0.231 e. The minimum Gasteiger partial charge on any atom is -0.299 e. The number of nitrogens with one attached hydrogen (secondary N) is 1. The van der Waals surface area contributed by atoms with Crippen LogP contribution in [-0.2, 0) is 11.2 Å². The summed E-state index contributed by atoms with van der Waals surface area (Å²) in [4.78, 5) is 11.4. The highest BCUT2D eigenvalue weighted by atomic mass is 127. The molecule has 0 aliphatic carbocycles. The first-order valence-corrected chi connectivity index (χ1v) is 8.33. The Bertz CT molecular complexity index is 566. The molecule has 0 saturated carbocycles. The van der Waals surface area contributed by atoms with E-state index in [0.717, 1.165) is 19.3 Å². The fourth-order valence-electron chi connectivity index (χ4n) is 2.33. The number of aryl methyl sites for hydroxylation is 1. The van der Waals surface area contributed by atoms with Crippen molar-refractivity contribution in [2.24, 2.45) is 5.92 Å². The summed E-state index contributed by atoms with van der Waals surface area (Å²) in [6.45, 7) is 1.98. The zero-order valence-corrected chi connectivity index (χ0v) is 14.3. The quantitative estimate of drug-likeness (QED) is 0.556. The van der Waals surface area contributed by atoms with Crippen LogP contribution < -0.4 is 3.53 Å². The molecule has 0 aromatic heterocycles. The van der Waals surface area contributed by atoms with Gasteiger partial charge in [0, 0.05) is 5.92 Å². The topological polar surface area (TPSA) is 29.1 Å². The lowest BCUT2D eigenvalue weighted by atomic mass is 9.99. The second-order valence-electron chi connectivity index (χ2n) is 5.31. The van der Waals surface area contributed by atoms with Crippen molar-refractivity contribution in [1.29, 1.82) is 0 Å². The molecule has 0 aliphatic heterocycles. The summed E-state index contributed by atoms with van der Waals surface area (Å²) in [6, 6.07) is 19.1. The molecule has 0 spiro atoms. The molecule has 0 radical (unpaired) electrons. The van der Waals surface area contributed by atoms with Crippen molar-refractivity contribution in [3.8, 4) is 11.1 Å². The van der Waals surface area contributed by atoms with Crippen LogP contribution in [0.2, 0.25) is 0 Å². The van der Waals surface area contributed by atoms with Gasteiger partial charge < -0.3 is 0 Å². The number of carbonyl (C=O) groups is 1. The van der Waals surface area contributed by atoms with Crippen LogP contribution >= 0.6 is 22.9 Å². The van der Waals surface area contributed by atoms with Gasteiger partial charge in [0.25, 0.3) is 0 Å². The van der Waals surface area contributed by atoms with Gasteiger partial charge in [-0.3, -0.25) is 8.32 Å². The Morgan fingerprint density at radius 1 is 1.05 bits per heavy atom. The Morgan fingerprint density at radius 3 is 2.29 bits per heavy atom. The van der Waals surface area contributed by atoms with Crippen LogP contribution in [-0.4, -0.2) is 5.91 Å². The van der Waals surface area contributed by atoms with E-state index in [2.05, 4.69) is 52.1 Å². The molecule has 0 bridgehead atoms. The monoisotopic (exact) mass is 393 g/mol. The summed E-state index contributed by atoms with van der Waals surface area (Å²) in [5, 5.41) is 0. The van der Waals surface area contributed by atoms with Crippen LogP contribution in [0.3, 0.4) is 0 Å². The molecule has 1 amide bonds. The van der Waals surface area contributed by atoms with E-state index in [1.807, 2.05) is 35.9 Å². The largest absolute Gasteiger partial charge is 0.299 e. The molecule has 21 heavy (non-hydrogen) atoms. The lowest BCUT2D eigenvalue weighted by Crippen LogP contribution is -2.20. The molecule has 2 aromatic carbocycles. The van der Waals surface area contributed by atoms with Crippen molar-refractivity contribution >= 4 is 28.8 Å². The number of halogens is 1. The van der Waals surface area contributed by atoms with Crippen LogP contribution in [0, 0.1) is 5.92 Å². The highest BCUT2D eigenvalue weighted by Crippen LogP contribution is 2.20. The molecule has 1 unspecified atom stereocenters. The maximum Gasteiger partial charge on any atom is 0.231 e. The number of benzene rings is 2. The molecule has 3 heteroatoms. The Hall–Kier alpha value is -1.36. The van der Waals surface area contributed by atoms with E-state index in [1.165, 1.54) is 16.7 Å². The third-order valence-corrected chi connectivity index (χ3v) is 4.24. The summed E-state index contributed by atoms with van der Waals surface area (Å²) in [6.07, 6.45) is 2.99. The Morgan fingerprint density at radius 2 is 1.67 bits per heavy atom. The van der Waals surface area contributed by atoms with Crippen LogP contribution in [0.1, 0.15) is 25.3 Å². The van der Waals surface area contributed by atoms with E-state index < -0.39 is 0 Å². The van der Waals surface area contributed by atoms with Crippen molar-refractivity contribution in [3.05, 3.63) is 60.2 Å². The summed E-state index contributed by atoms with van der Waals surface area (Å²) in [5.41, 5.74) is 3.82. The summed E-state index contributed by atoms with van der Waals surface area (Å²) in [7, 11) is 0. The average Bonchev–Trinajstić information content (AvgIpc) is 2.55. The fourth-order valence-corrected chi connectivity index (χ4v) is 2.86. The van der Waals surface area contributed by atoms with Gasteiger partial charge in [0.1, 0.15) is 0 Å². The number of hydrogen-bond acceptors (Lipinski definition) is 1. The highest BCUT2D eigenvalue weighted by Gasteiger charge is 2.10. The summed E-state index contributed by atoms with van der Waals surface area (Å²) in [5.74, 6) is 0.209. The van der Waals surface area contributed by atoms with E-state index in [9.17, 15) is 4.79 Å². The normalized spacial score (nSPS) is 11.9. The predicted octanol–water partition coefficient (Wildman–Crippen LogP) is 4.78. The Balaban J connectivity index is 1.87. The Kier molecular flexibility index (Phi) is 6.23. The van der Waals surface area contributed by atoms with E-state index in [1.54, 1.807) is 0 Å². The van der Waals surface area contributed by atoms with Crippen molar-refractivity contribution in [3.63, 3.8) is 0 Å². The zero-order chi connectivity index (χ0) is 15.1. The van der Waals surface area contributed by atoms with Crippen molar-refractivity contribution in [1.82, 2.24) is 3.53 Å². The first-order chi connectivity index (χ1) is 10.2. The third kappa shape index (κ3) is 4.84. The maximum atomic E-state index is 11.4. The number of rotatable bonds is 6. The molecule has 1 atom stereocenters. The molecule has 2 rings (SSSR count). The van der Waals surface area contributed by atoms with Crippen LogP contribution in [0.25, 0.3) is 11.1 Å². The van der Waals surface area contributed by atoms with Crippen LogP contribution in [0.4, 0.5) is 0 Å². The molecule has 110 valence electrons. The standard InChI is InChI=1S/C18H20INO/c1-14(18(21)20-19)6-5-7-15-10-12-17(13-11-15)16-8-3-2-4-9-16/h2-4,8-14H,5-7H2,1H3,(H,20,21). The van der Waals surface area contributed by atoms with Gasteiger partial charge >= 0.3 is 0 Å². The van der Waals surface area contributed by atoms with Gasteiger partial charge in [0.2, 0.25) is 5.91 Å². The molecule has 0 aliphatic rings. The number of hydrogen-bond donors (Lipinski definition) is 1. The molecule has 2 aromatic rings. The third-order valence-electron chi connectivity index (χ3n) is 3.70. The van der Waals surface area contributed by atoms with Crippen LogP contribution in [0.15, 0.2) is 54.6 Å². The fraction of sp³-hybridized carbons (Fsp3) is 0.278. The van der Waals surface area contributed by atoms with Crippen molar-refractivity contribution < 1.29 is 4.79 Å². The van der Waals surface area contributed by atoms with Gasteiger partial charge in [-0.15, -0.1) is 0 Å². The van der Waals surface area contributed by atoms with E-state index in [0.29, 0.717) is 0 Å². The average molecular weight is 393 g/mol. The zero-order valence-electron chi connectivity index (χ0n) is 12.2. The Labute approximate surface area is 140 Å². The predicted molar refractivity (Wildman–Crippen MR) is 96.1 cm³/mol. The molecular weight excluding hydrogens is 373 g/mol. The lowest BCUT2D eigenvalue weighted by molar-refractivity contribution is -0.122. The van der Waals surface area contributed by atoms with Gasteiger partial charge in [0.05, 0.1) is 22.9 Å². The SMILES string of the molecule is CC(CCCc1ccc(-c2ccccc2)cc1)C(=O)NI. The number of carbonyl (C=O) groups excluding carboxylic acids is 1. The molecule has 1 N–H and O–H groups in total. The number of amides is 1. The molecule has 0 saturated heterocycles. The first-order valence-electron chi connectivity index (χ1n) is 7.25. The summed E-state index contributed by atoms with van der Waals surface area (Å²) < 4.78 is 2.67. The maximum absolute atomic E-state index is 11.4. The molecular formula is C18H20INO. The van der Waals surface area contributed by atoms with E-state index in [4.69, 9.17) is 0 Å². The lowest BCUT2D eigenvalue weighted by Gasteiger charge is -2.09. The van der Waals surface area contributed by atoms with Crippen molar-refractivity contribution in [2.45, 2.75) is 26.2 Å². The second kappa shape index (κ2) is 8.17. The second-order valence-corrected chi connectivity index (χ2v) is 5.85. The minimum atomic E-state index is 0.0884. The van der Waals surface area contributed by atoms with Crippen LogP contribution in [0.5, 0.6) is 0 Å². The molecule has 0 fully saturated rings. The van der Waals surface area contributed by atoms with Gasteiger partial charge in [0.15, 0.2) is 0 Å². The first kappa shape index (κ1) is 16.0. The van der Waals surface area contributed by atoms with E-state index >= 15 is 0 Å². The molecule has 0 heterocycles. The van der Waals surface area contributed by atoms with Gasteiger partial charge in [-0.05, 0) is 36.0 Å². The minimum absolute atomic E-state index is 0.0884. The van der Waals surface area contributed by atoms with Gasteiger partial charge in [-0.25, -0.2) is 0 Å².